The maximum absolute atomic E-state index is 13.1. The molecule has 142 valence electrons. The van der Waals surface area contributed by atoms with Gasteiger partial charge in [0.05, 0.1) is 19.3 Å². The number of methoxy groups -OCH3 is 1. The van der Waals surface area contributed by atoms with Crippen LogP contribution in [0.25, 0.3) is 0 Å². The number of Topliss-reactive ketones (excluding diaryl/α,β-unsaturated/α-hetero) is 1. The Hall–Kier alpha value is -3.66. The Balaban J connectivity index is 1.81. The summed E-state index contributed by atoms with van der Waals surface area (Å²) >= 11 is 0. The number of phenolic OH excluding ortho intramolecular Hbond substituents is 1. The molecule has 3 N–H and O–H groups in total. The SMILES string of the molecule is COc1ccc(C2C(C#N)=C(N)OC3=C2C(=O)CC(c2ccco2)C3)cc1O. The Bertz CT molecular complexity index is 1040. The fourth-order valence-electron chi connectivity index (χ4n) is 3.85. The van der Waals surface area contributed by atoms with E-state index >= 15 is 0 Å². The van der Waals surface area contributed by atoms with Crippen LogP contribution in [0.3, 0.4) is 0 Å². The number of hydrogen-bond donors (Lipinski definition) is 2. The zero-order chi connectivity index (χ0) is 19.8. The first kappa shape index (κ1) is 17.7. The number of nitriles is 1. The Morgan fingerprint density at radius 2 is 2.14 bits per heavy atom. The fourth-order valence-corrected chi connectivity index (χ4v) is 3.85. The third kappa shape index (κ3) is 2.79. The Morgan fingerprint density at radius 3 is 2.79 bits per heavy atom. The molecule has 2 unspecified atom stereocenters. The van der Waals surface area contributed by atoms with Crippen molar-refractivity contribution >= 4 is 5.78 Å². The molecular weight excluding hydrogens is 360 g/mol. The van der Waals surface area contributed by atoms with Crippen LogP contribution in [0.2, 0.25) is 0 Å². The van der Waals surface area contributed by atoms with Gasteiger partial charge >= 0.3 is 0 Å². The van der Waals surface area contributed by atoms with Crippen molar-refractivity contribution in [2.24, 2.45) is 5.73 Å². The molecule has 1 aliphatic heterocycles. The summed E-state index contributed by atoms with van der Waals surface area (Å²) in [6.45, 7) is 0. The maximum Gasteiger partial charge on any atom is 0.205 e. The largest absolute Gasteiger partial charge is 0.504 e. The topological polar surface area (TPSA) is 119 Å². The van der Waals surface area contributed by atoms with Crippen LogP contribution in [-0.4, -0.2) is 18.0 Å². The van der Waals surface area contributed by atoms with Gasteiger partial charge in [-0.3, -0.25) is 4.79 Å². The highest BCUT2D eigenvalue weighted by Crippen LogP contribution is 2.47. The van der Waals surface area contributed by atoms with Gasteiger partial charge in [0.15, 0.2) is 17.3 Å². The molecule has 0 spiro atoms. The van der Waals surface area contributed by atoms with Crippen molar-refractivity contribution in [3.8, 4) is 17.6 Å². The lowest BCUT2D eigenvalue weighted by atomic mass is 9.74. The molecule has 1 aromatic heterocycles. The quantitative estimate of drug-likeness (QED) is 0.842. The second kappa shape index (κ2) is 6.82. The van der Waals surface area contributed by atoms with Gasteiger partial charge in [0.1, 0.15) is 23.2 Å². The lowest BCUT2D eigenvalue weighted by Gasteiger charge is -2.33. The molecule has 2 aliphatic rings. The molecule has 0 saturated carbocycles. The number of hydrogen-bond acceptors (Lipinski definition) is 7. The van der Waals surface area contributed by atoms with Gasteiger partial charge in [0.2, 0.25) is 5.88 Å². The molecule has 28 heavy (non-hydrogen) atoms. The zero-order valence-electron chi connectivity index (χ0n) is 15.1. The van der Waals surface area contributed by atoms with Crippen LogP contribution in [0.5, 0.6) is 11.5 Å². The summed E-state index contributed by atoms with van der Waals surface area (Å²) < 4.78 is 16.2. The van der Waals surface area contributed by atoms with E-state index in [-0.39, 0.29) is 35.3 Å². The zero-order valence-corrected chi connectivity index (χ0v) is 15.1. The highest BCUT2D eigenvalue weighted by atomic mass is 16.5. The lowest BCUT2D eigenvalue weighted by molar-refractivity contribution is -0.117. The van der Waals surface area contributed by atoms with Crippen molar-refractivity contribution in [3.05, 3.63) is 70.7 Å². The molecular formula is C21H18N2O5. The van der Waals surface area contributed by atoms with Crippen molar-refractivity contribution in [3.63, 3.8) is 0 Å². The van der Waals surface area contributed by atoms with Gasteiger partial charge in [-0.25, -0.2) is 0 Å². The highest BCUT2D eigenvalue weighted by Gasteiger charge is 2.41. The number of aromatic hydroxyl groups is 1. The summed E-state index contributed by atoms with van der Waals surface area (Å²) in [4.78, 5) is 13.1. The molecule has 7 nitrogen and oxygen atoms in total. The van der Waals surface area contributed by atoms with E-state index in [1.165, 1.54) is 13.2 Å². The number of rotatable bonds is 3. The number of allylic oxidation sites excluding steroid dienone is 3. The summed E-state index contributed by atoms with van der Waals surface area (Å²) in [6, 6.07) is 10.4. The van der Waals surface area contributed by atoms with Crippen LogP contribution in [-0.2, 0) is 9.53 Å². The van der Waals surface area contributed by atoms with Crippen LogP contribution >= 0.6 is 0 Å². The molecule has 0 amide bonds. The molecule has 2 aromatic rings. The first-order chi connectivity index (χ1) is 13.5. The molecule has 0 fully saturated rings. The minimum Gasteiger partial charge on any atom is -0.504 e. The third-order valence-corrected chi connectivity index (χ3v) is 5.14. The predicted molar refractivity (Wildman–Crippen MR) is 98.0 cm³/mol. The van der Waals surface area contributed by atoms with E-state index in [9.17, 15) is 15.2 Å². The summed E-state index contributed by atoms with van der Waals surface area (Å²) in [5.74, 6) is 0.343. The maximum atomic E-state index is 13.1. The van der Waals surface area contributed by atoms with Gasteiger partial charge in [0, 0.05) is 24.3 Å². The Labute approximate surface area is 161 Å². The Morgan fingerprint density at radius 1 is 1.32 bits per heavy atom. The Kier molecular flexibility index (Phi) is 4.32. The standard InChI is InChI=1S/C21H18N2O5/c1-26-17-5-4-11(7-14(17)24)19-13(10-22)21(23)28-18-9-12(8-15(25)20(18)19)16-3-2-6-27-16/h2-7,12,19,24H,8-9,23H2,1H3. The van der Waals surface area contributed by atoms with Gasteiger partial charge in [-0.05, 0) is 29.8 Å². The number of ether oxygens (including phenoxy) is 2. The molecule has 7 heteroatoms. The molecule has 1 aliphatic carbocycles. The molecule has 0 bridgehead atoms. The van der Waals surface area contributed by atoms with Crippen LogP contribution in [0, 0.1) is 11.3 Å². The van der Waals surface area contributed by atoms with Crippen LogP contribution in [0.1, 0.15) is 36.0 Å². The van der Waals surface area contributed by atoms with E-state index in [4.69, 9.17) is 19.6 Å². The second-order valence-corrected chi connectivity index (χ2v) is 6.74. The summed E-state index contributed by atoms with van der Waals surface area (Å²) in [5.41, 5.74) is 7.12. The second-order valence-electron chi connectivity index (χ2n) is 6.74. The monoisotopic (exact) mass is 378 g/mol. The summed E-state index contributed by atoms with van der Waals surface area (Å²) in [5, 5.41) is 19.8. The summed E-state index contributed by atoms with van der Waals surface area (Å²) in [7, 11) is 1.45. The van der Waals surface area contributed by atoms with E-state index in [0.717, 1.165) is 0 Å². The first-order valence-corrected chi connectivity index (χ1v) is 8.77. The average Bonchev–Trinajstić information content (AvgIpc) is 3.21. The number of carbonyl (C=O) groups excluding carboxylic acids is 1. The number of nitrogens with zero attached hydrogens (tertiary/aromatic N) is 1. The average molecular weight is 378 g/mol. The van der Waals surface area contributed by atoms with Crippen molar-refractivity contribution in [2.75, 3.05) is 7.11 Å². The molecule has 4 rings (SSSR count). The van der Waals surface area contributed by atoms with Crippen LogP contribution in [0.4, 0.5) is 0 Å². The van der Waals surface area contributed by atoms with Gasteiger partial charge in [-0.15, -0.1) is 0 Å². The molecule has 0 radical (unpaired) electrons. The number of ketones is 1. The van der Waals surface area contributed by atoms with E-state index in [0.29, 0.717) is 34.8 Å². The van der Waals surface area contributed by atoms with E-state index in [2.05, 4.69) is 6.07 Å². The van der Waals surface area contributed by atoms with E-state index < -0.39 is 5.92 Å². The first-order valence-electron chi connectivity index (χ1n) is 8.77. The summed E-state index contributed by atoms with van der Waals surface area (Å²) in [6.07, 6.45) is 2.25. The minimum absolute atomic E-state index is 0.0329. The van der Waals surface area contributed by atoms with Crippen molar-refractivity contribution in [2.45, 2.75) is 24.7 Å². The van der Waals surface area contributed by atoms with Gasteiger partial charge < -0.3 is 24.7 Å². The van der Waals surface area contributed by atoms with Crippen molar-refractivity contribution < 1.29 is 23.8 Å². The lowest BCUT2D eigenvalue weighted by Crippen LogP contribution is -2.29. The van der Waals surface area contributed by atoms with E-state index in [1.54, 1.807) is 24.5 Å². The van der Waals surface area contributed by atoms with Crippen LogP contribution < -0.4 is 10.5 Å². The smallest absolute Gasteiger partial charge is 0.205 e. The highest BCUT2D eigenvalue weighted by molar-refractivity contribution is 6.00. The number of nitrogens with two attached hydrogens (primary N) is 1. The van der Waals surface area contributed by atoms with Crippen molar-refractivity contribution in [1.82, 2.24) is 0 Å². The fraction of sp³-hybridized carbons (Fsp3) is 0.238. The normalized spacial score (nSPS) is 21.8. The minimum atomic E-state index is -0.699. The van der Waals surface area contributed by atoms with E-state index in [1.807, 2.05) is 6.07 Å². The number of furan rings is 1. The van der Waals surface area contributed by atoms with Gasteiger partial charge in [-0.2, -0.15) is 5.26 Å². The number of carbonyl (C=O) groups is 1. The number of benzene rings is 1. The molecule has 0 saturated heterocycles. The molecule has 2 atom stereocenters. The van der Waals surface area contributed by atoms with Gasteiger partial charge in [-0.1, -0.05) is 6.07 Å². The third-order valence-electron chi connectivity index (χ3n) is 5.14. The molecule has 1 aromatic carbocycles. The number of phenols is 1. The van der Waals surface area contributed by atoms with Crippen LogP contribution in [0.15, 0.2) is 63.8 Å². The van der Waals surface area contributed by atoms with Gasteiger partial charge in [0.25, 0.3) is 0 Å². The van der Waals surface area contributed by atoms with Crippen molar-refractivity contribution in [1.29, 1.82) is 5.26 Å². The molecule has 2 heterocycles. The predicted octanol–water partition coefficient (Wildman–Crippen LogP) is 3.20.